The molecular weight excluding hydrogens is 294 g/mol. The molecule has 114 valence electrons. The maximum atomic E-state index is 12.4. The van der Waals surface area contributed by atoms with Crippen molar-refractivity contribution in [3.8, 4) is 0 Å². The molecule has 0 spiro atoms. The average molecular weight is 318 g/mol. The molecule has 0 saturated heterocycles. The summed E-state index contributed by atoms with van der Waals surface area (Å²) in [5.41, 5.74) is 0.287. The van der Waals surface area contributed by atoms with E-state index in [1.54, 1.807) is 19.1 Å². The van der Waals surface area contributed by atoms with Gasteiger partial charge in [-0.05, 0) is 56.4 Å². The third-order valence-corrected chi connectivity index (χ3v) is 4.94. The first-order valence-electron chi connectivity index (χ1n) is 6.63. The van der Waals surface area contributed by atoms with Gasteiger partial charge in [-0.3, -0.25) is 0 Å². The molecule has 0 atom stereocenters. The molecule has 0 amide bonds. The van der Waals surface area contributed by atoms with Gasteiger partial charge in [-0.1, -0.05) is 32.4 Å². The molecule has 0 radical (unpaired) electrons. The average Bonchev–Trinajstić information content (AvgIpc) is 2.16. The maximum Gasteiger partial charge on any atom is 0.241 e. The minimum atomic E-state index is -3.54. The lowest BCUT2D eigenvalue weighted by Gasteiger charge is -2.33. The van der Waals surface area contributed by atoms with Crippen molar-refractivity contribution in [2.75, 3.05) is 0 Å². The topological polar surface area (TPSA) is 46.2 Å². The first kappa shape index (κ1) is 17.5. The van der Waals surface area contributed by atoms with Gasteiger partial charge < -0.3 is 0 Å². The van der Waals surface area contributed by atoms with Crippen LogP contribution < -0.4 is 4.72 Å². The summed E-state index contributed by atoms with van der Waals surface area (Å²) in [5.74, 6) is 0. The molecule has 0 aliphatic heterocycles. The van der Waals surface area contributed by atoms with Crippen LogP contribution in [0.3, 0.4) is 0 Å². The van der Waals surface area contributed by atoms with Gasteiger partial charge in [-0.15, -0.1) is 0 Å². The van der Waals surface area contributed by atoms with Crippen LogP contribution in [-0.2, 0) is 10.0 Å². The number of sulfonamides is 1. The number of nitrogens with one attached hydrogen (secondary N) is 1. The lowest BCUT2D eigenvalue weighted by atomic mass is 9.82. The number of hydrogen-bond acceptors (Lipinski definition) is 2. The van der Waals surface area contributed by atoms with Gasteiger partial charge in [0.05, 0.1) is 4.90 Å². The van der Waals surface area contributed by atoms with E-state index >= 15 is 0 Å². The second-order valence-electron chi connectivity index (χ2n) is 7.14. The van der Waals surface area contributed by atoms with Gasteiger partial charge in [0.2, 0.25) is 10.0 Å². The number of rotatable bonds is 4. The molecule has 5 heteroatoms. The Bertz CT molecular complexity index is 586. The summed E-state index contributed by atoms with van der Waals surface area (Å²) < 4.78 is 27.7. The van der Waals surface area contributed by atoms with Crippen molar-refractivity contribution in [1.29, 1.82) is 0 Å². The number of benzene rings is 1. The molecule has 0 bridgehead atoms. The Hall–Kier alpha value is -0.580. The highest BCUT2D eigenvalue weighted by molar-refractivity contribution is 7.89. The van der Waals surface area contributed by atoms with Crippen molar-refractivity contribution in [2.24, 2.45) is 5.41 Å². The fourth-order valence-corrected chi connectivity index (χ4v) is 4.18. The van der Waals surface area contributed by atoms with Crippen molar-refractivity contribution in [1.82, 2.24) is 4.72 Å². The molecular formula is C15H24ClNO2S. The predicted octanol–water partition coefficient (Wildman–Crippen LogP) is 4.14. The molecule has 0 unspecified atom stereocenters. The largest absolute Gasteiger partial charge is 0.241 e. The first-order chi connectivity index (χ1) is 8.82. The Morgan fingerprint density at radius 2 is 1.70 bits per heavy atom. The van der Waals surface area contributed by atoms with Crippen LogP contribution in [0, 0.1) is 12.3 Å². The Kier molecular flexibility index (Phi) is 4.95. The Morgan fingerprint density at radius 1 is 1.15 bits per heavy atom. The highest BCUT2D eigenvalue weighted by Crippen LogP contribution is 2.28. The van der Waals surface area contributed by atoms with E-state index in [-0.39, 0.29) is 10.3 Å². The smallest absolute Gasteiger partial charge is 0.207 e. The van der Waals surface area contributed by atoms with E-state index < -0.39 is 15.6 Å². The summed E-state index contributed by atoms with van der Waals surface area (Å²) in [7, 11) is -3.54. The Labute approximate surface area is 127 Å². The van der Waals surface area contributed by atoms with E-state index in [0.29, 0.717) is 5.02 Å². The number of hydrogen-bond donors (Lipinski definition) is 1. The molecule has 0 heterocycles. The maximum absolute atomic E-state index is 12.4. The number of aryl methyl sites for hydroxylation is 1. The van der Waals surface area contributed by atoms with Crippen LogP contribution in [0.2, 0.25) is 5.02 Å². The highest BCUT2D eigenvalue weighted by Gasteiger charge is 2.30. The predicted molar refractivity (Wildman–Crippen MR) is 84.7 cm³/mol. The molecule has 0 fully saturated rings. The zero-order valence-corrected chi connectivity index (χ0v) is 14.6. The van der Waals surface area contributed by atoms with Gasteiger partial charge in [0.15, 0.2) is 0 Å². The fourth-order valence-electron chi connectivity index (χ4n) is 2.57. The van der Waals surface area contributed by atoms with Crippen LogP contribution in [0.25, 0.3) is 0 Å². The SMILES string of the molecule is Cc1cc(S(=O)(=O)NC(C)(C)CC(C)(C)C)ccc1Cl. The molecule has 3 nitrogen and oxygen atoms in total. The Balaban J connectivity index is 3.03. The van der Waals surface area contributed by atoms with E-state index in [1.165, 1.54) is 6.07 Å². The summed E-state index contributed by atoms with van der Waals surface area (Å²) in [4.78, 5) is 0.251. The van der Waals surface area contributed by atoms with Crippen LogP contribution in [0.1, 0.15) is 46.6 Å². The quantitative estimate of drug-likeness (QED) is 0.907. The third kappa shape index (κ3) is 5.08. The second kappa shape index (κ2) is 5.66. The standard InChI is InChI=1S/C15H24ClNO2S/c1-11-9-12(7-8-13(11)16)20(18,19)17-15(5,6)10-14(2,3)4/h7-9,17H,10H2,1-6H3. The van der Waals surface area contributed by atoms with E-state index in [2.05, 4.69) is 25.5 Å². The lowest BCUT2D eigenvalue weighted by Crippen LogP contribution is -2.45. The zero-order chi connectivity index (χ0) is 15.8. The van der Waals surface area contributed by atoms with Crippen molar-refractivity contribution in [2.45, 2.75) is 58.4 Å². The highest BCUT2D eigenvalue weighted by atomic mass is 35.5. The monoisotopic (exact) mass is 317 g/mol. The van der Waals surface area contributed by atoms with Crippen LogP contribution in [0.4, 0.5) is 0 Å². The second-order valence-corrected chi connectivity index (χ2v) is 9.23. The molecule has 1 aromatic rings. The van der Waals surface area contributed by atoms with Gasteiger partial charge in [-0.2, -0.15) is 0 Å². The normalized spacial score (nSPS) is 13.6. The van der Waals surface area contributed by atoms with E-state index in [1.807, 2.05) is 13.8 Å². The molecule has 1 N–H and O–H groups in total. The van der Waals surface area contributed by atoms with Gasteiger partial charge in [0.1, 0.15) is 0 Å². The fraction of sp³-hybridized carbons (Fsp3) is 0.600. The van der Waals surface area contributed by atoms with Crippen molar-refractivity contribution in [3.05, 3.63) is 28.8 Å². The van der Waals surface area contributed by atoms with E-state index in [4.69, 9.17) is 11.6 Å². The van der Waals surface area contributed by atoms with Crippen LogP contribution in [-0.4, -0.2) is 14.0 Å². The molecule has 0 aliphatic carbocycles. The van der Waals surface area contributed by atoms with Gasteiger partial charge in [-0.25, -0.2) is 13.1 Å². The first-order valence-corrected chi connectivity index (χ1v) is 8.49. The molecule has 0 saturated carbocycles. The summed E-state index contributed by atoms with van der Waals surface area (Å²) in [6.07, 6.45) is 0.742. The molecule has 1 rings (SSSR count). The molecule has 0 aliphatic rings. The van der Waals surface area contributed by atoms with Crippen LogP contribution >= 0.6 is 11.6 Å². The van der Waals surface area contributed by atoms with Crippen LogP contribution in [0.5, 0.6) is 0 Å². The molecule has 20 heavy (non-hydrogen) atoms. The summed E-state index contributed by atoms with van der Waals surface area (Å²) in [6, 6.07) is 4.74. The Morgan fingerprint density at radius 3 is 2.15 bits per heavy atom. The summed E-state index contributed by atoms with van der Waals surface area (Å²) in [5, 5.41) is 0.568. The number of halogens is 1. The lowest BCUT2D eigenvalue weighted by molar-refractivity contribution is 0.269. The van der Waals surface area contributed by atoms with Crippen molar-refractivity contribution >= 4 is 21.6 Å². The minimum absolute atomic E-state index is 0.0436. The zero-order valence-electron chi connectivity index (χ0n) is 13.0. The third-order valence-electron chi connectivity index (χ3n) is 2.82. The van der Waals surface area contributed by atoms with E-state index in [9.17, 15) is 8.42 Å². The van der Waals surface area contributed by atoms with Gasteiger partial charge >= 0.3 is 0 Å². The molecule has 1 aromatic carbocycles. The van der Waals surface area contributed by atoms with Gasteiger partial charge in [0.25, 0.3) is 0 Å². The van der Waals surface area contributed by atoms with Gasteiger partial charge in [0, 0.05) is 10.6 Å². The van der Waals surface area contributed by atoms with Crippen molar-refractivity contribution in [3.63, 3.8) is 0 Å². The van der Waals surface area contributed by atoms with Crippen molar-refractivity contribution < 1.29 is 8.42 Å². The summed E-state index contributed by atoms with van der Waals surface area (Å²) in [6.45, 7) is 11.9. The summed E-state index contributed by atoms with van der Waals surface area (Å²) >= 11 is 5.94. The van der Waals surface area contributed by atoms with Crippen LogP contribution in [0.15, 0.2) is 23.1 Å². The van der Waals surface area contributed by atoms with E-state index in [0.717, 1.165) is 12.0 Å². The minimum Gasteiger partial charge on any atom is -0.207 e. The molecule has 0 aromatic heterocycles.